The topological polar surface area (TPSA) is 77.0 Å². The van der Waals surface area contributed by atoms with Crippen molar-refractivity contribution in [1.29, 1.82) is 0 Å². The van der Waals surface area contributed by atoms with Crippen LogP contribution >= 0.6 is 24.0 Å². The molecule has 0 amide bonds. The highest BCUT2D eigenvalue weighted by molar-refractivity contribution is 14.0. The maximum atomic E-state index is 5.78. The summed E-state index contributed by atoms with van der Waals surface area (Å²) in [5.74, 6) is 2.09. The number of nitrogens with one attached hydrogen (secondary N) is 2. The van der Waals surface area contributed by atoms with E-state index in [0.717, 1.165) is 63.8 Å². The van der Waals surface area contributed by atoms with E-state index in [9.17, 15) is 0 Å². The molecular weight excluding hydrogens is 471 g/mol. The number of aliphatic imine (C=N–C) groups is 1. The van der Waals surface area contributed by atoms with Crippen LogP contribution in [0.15, 0.2) is 23.3 Å². The van der Waals surface area contributed by atoms with Crippen LogP contribution in [0.4, 0.5) is 0 Å². The lowest BCUT2D eigenvalue weighted by atomic mass is 10.0. The zero-order valence-corrected chi connectivity index (χ0v) is 19.6. The summed E-state index contributed by atoms with van der Waals surface area (Å²) >= 11 is 0. The molecule has 160 valence electrons. The summed E-state index contributed by atoms with van der Waals surface area (Å²) in [5.41, 5.74) is 1.08. The summed E-state index contributed by atoms with van der Waals surface area (Å²) < 4.78 is 16.7. The first kappa shape index (κ1) is 24.9. The van der Waals surface area contributed by atoms with Crippen molar-refractivity contribution >= 4 is 29.9 Å². The van der Waals surface area contributed by atoms with Gasteiger partial charge in [0, 0.05) is 58.8 Å². The van der Waals surface area contributed by atoms with Gasteiger partial charge in [-0.1, -0.05) is 6.07 Å². The number of nitrogens with zero attached hydrogens (tertiary/aromatic N) is 2. The Labute approximate surface area is 186 Å². The van der Waals surface area contributed by atoms with Crippen molar-refractivity contribution in [3.8, 4) is 5.88 Å². The van der Waals surface area contributed by atoms with Crippen LogP contribution in [-0.2, 0) is 16.0 Å². The molecule has 0 aromatic carbocycles. The fourth-order valence-electron chi connectivity index (χ4n) is 2.78. The molecule has 28 heavy (non-hydrogen) atoms. The Bertz CT molecular complexity index is 549. The second kappa shape index (κ2) is 14.8. The number of hydrogen-bond acceptors (Lipinski definition) is 5. The van der Waals surface area contributed by atoms with E-state index in [0.29, 0.717) is 18.3 Å². The largest absolute Gasteiger partial charge is 0.475 e. The van der Waals surface area contributed by atoms with Crippen LogP contribution in [0, 0.1) is 5.92 Å². The van der Waals surface area contributed by atoms with Gasteiger partial charge in [0.2, 0.25) is 5.88 Å². The van der Waals surface area contributed by atoms with E-state index in [-0.39, 0.29) is 30.1 Å². The van der Waals surface area contributed by atoms with Gasteiger partial charge in [-0.3, -0.25) is 4.99 Å². The molecule has 2 heterocycles. The molecule has 0 radical (unpaired) electrons. The van der Waals surface area contributed by atoms with E-state index in [1.54, 1.807) is 7.05 Å². The number of rotatable bonds is 10. The van der Waals surface area contributed by atoms with Gasteiger partial charge >= 0.3 is 0 Å². The summed E-state index contributed by atoms with van der Waals surface area (Å²) in [6.45, 7) is 8.83. The first-order valence-corrected chi connectivity index (χ1v) is 9.89. The third-order valence-corrected chi connectivity index (χ3v) is 4.29. The monoisotopic (exact) mass is 506 g/mol. The Hall–Kier alpha value is -1.13. The van der Waals surface area contributed by atoms with Crippen molar-refractivity contribution < 1.29 is 14.2 Å². The van der Waals surface area contributed by atoms with Crippen LogP contribution in [0.1, 0.15) is 38.7 Å². The molecule has 1 saturated heterocycles. The third kappa shape index (κ3) is 10.4. The van der Waals surface area contributed by atoms with Gasteiger partial charge in [0.25, 0.3) is 0 Å². The Kier molecular flexibility index (Phi) is 13.2. The van der Waals surface area contributed by atoms with E-state index in [4.69, 9.17) is 14.2 Å². The normalized spacial score (nSPS) is 15.2. The van der Waals surface area contributed by atoms with Crippen molar-refractivity contribution in [3.05, 3.63) is 23.9 Å². The standard InChI is InChI=1S/C20H34N4O3.HI/c1-16(2)27-19-6-5-18(13-23-19)14-24-20(21-3)22-9-4-10-26-15-17-7-11-25-12-8-17;/h5-6,13,16-17H,4,7-12,14-15H2,1-3H3,(H2,21,22,24);1H. The van der Waals surface area contributed by atoms with Gasteiger partial charge in [0.15, 0.2) is 5.96 Å². The summed E-state index contributed by atoms with van der Waals surface area (Å²) in [4.78, 5) is 8.56. The molecule has 1 aromatic heterocycles. The Morgan fingerprint density at radius 2 is 2.07 bits per heavy atom. The van der Waals surface area contributed by atoms with Gasteiger partial charge in [0.05, 0.1) is 6.10 Å². The first-order chi connectivity index (χ1) is 13.2. The smallest absolute Gasteiger partial charge is 0.213 e. The molecule has 1 aliphatic rings. The van der Waals surface area contributed by atoms with Gasteiger partial charge in [-0.05, 0) is 44.6 Å². The van der Waals surface area contributed by atoms with E-state index in [1.165, 1.54) is 0 Å². The lowest BCUT2D eigenvalue weighted by molar-refractivity contribution is 0.0203. The fourth-order valence-corrected chi connectivity index (χ4v) is 2.78. The molecule has 0 aliphatic carbocycles. The summed E-state index contributed by atoms with van der Waals surface area (Å²) in [5, 5.41) is 6.60. The summed E-state index contributed by atoms with van der Waals surface area (Å²) in [6.07, 6.45) is 5.14. The van der Waals surface area contributed by atoms with Crippen LogP contribution in [0.5, 0.6) is 5.88 Å². The minimum Gasteiger partial charge on any atom is -0.475 e. The van der Waals surface area contributed by atoms with Crippen molar-refractivity contribution in [2.75, 3.05) is 40.0 Å². The second-order valence-electron chi connectivity index (χ2n) is 7.01. The fraction of sp³-hybridized carbons (Fsp3) is 0.700. The maximum Gasteiger partial charge on any atom is 0.213 e. The van der Waals surface area contributed by atoms with Gasteiger partial charge in [-0.25, -0.2) is 4.98 Å². The zero-order valence-electron chi connectivity index (χ0n) is 17.3. The minimum atomic E-state index is 0. The molecule has 8 heteroatoms. The Balaban J connectivity index is 0.00000392. The van der Waals surface area contributed by atoms with Gasteiger partial charge < -0.3 is 24.8 Å². The highest BCUT2D eigenvalue weighted by Gasteiger charge is 2.13. The van der Waals surface area contributed by atoms with Gasteiger partial charge in [-0.2, -0.15) is 0 Å². The Morgan fingerprint density at radius 3 is 2.71 bits per heavy atom. The third-order valence-electron chi connectivity index (χ3n) is 4.29. The molecule has 0 saturated carbocycles. The van der Waals surface area contributed by atoms with E-state index < -0.39 is 0 Å². The van der Waals surface area contributed by atoms with Crippen molar-refractivity contribution in [1.82, 2.24) is 15.6 Å². The zero-order chi connectivity index (χ0) is 19.3. The van der Waals surface area contributed by atoms with Crippen LogP contribution in [0.25, 0.3) is 0 Å². The Morgan fingerprint density at radius 1 is 1.29 bits per heavy atom. The van der Waals surface area contributed by atoms with Crippen molar-refractivity contribution in [3.63, 3.8) is 0 Å². The van der Waals surface area contributed by atoms with Crippen molar-refractivity contribution in [2.45, 2.75) is 45.8 Å². The molecular formula is C20H35IN4O3. The number of pyridine rings is 1. The second-order valence-corrected chi connectivity index (χ2v) is 7.01. The predicted octanol–water partition coefficient (Wildman–Crippen LogP) is 2.99. The molecule has 0 atom stereocenters. The molecule has 1 fully saturated rings. The number of aromatic nitrogens is 1. The minimum absolute atomic E-state index is 0. The maximum absolute atomic E-state index is 5.78. The van der Waals surface area contributed by atoms with Crippen LogP contribution in [0.3, 0.4) is 0 Å². The van der Waals surface area contributed by atoms with Crippen LogP contribution in [-0.4, -0.2) is 57.1 Å². The number of guanidine groups is 1. The summed E-state index contributed by atoms with van der Waals surface area (Å²) in [6, 6.07) is 3.90. The number of halogens is 1. The summed E-state index contributed by atoms with van der Waals surface area (Å²) in [7, 11) is 1.77. The van der Waals surface area contributed by atoms with E-state index in [2.05, 4.69) is 20.6 Å². The predicted molar refractivity (Wildman–Crippen MR) is 123 cm³/mol. The average molecular weight is 506 g/mol. The molecule has 7 nitrogen and oxygen atoms in total. The van der Waals surface area contributed by atoms with Gasteiger partial charge in [-0.15, -0.1) is 24.0 Å². The highest BCUT2D eigenvalue weighted by atomic mass is 127. The lowest BCUT2D eigenvalue weighted by Crippen LogP contribution is -2.37. The molecule has 1 aromatic rings. The number of hydrogen-bond donors (Lipinski definition) is 2. The lowest BCUT2D eigenvalue weighted by Gasteiger charge is -2.21. The number of ether oxygens (including phenoxy) is 3. The highest BCUT2D eigenvalue weighted by Crippen LogP contribution is 2.14. The van der Waals surface area contributed by atoms with Gasteiger partial charge in [0.1, 0.15) is 0 Å². The molecule has 2 rings (SSSR count). The quantitative estimate of drug-likeness (QED) is 0.220. The SMILES string of the molecule is CN=C(NCCCOCC1CCOCC1)NCc1ccc(OC(C)C)nc1.I. The van der Waals surface area contributed by atoms with Crippen LogP contribution in [0.2, 0.25) is 0 Å². The van der Waals surface area contributed by atoms with Crippen molar-refractivity contribution in [2.24, 2.45) is 10.9 Å². The van der Waals surface area contributed by atoms with E-state index in [1.807, 2.05) is 32.2 Å². The molecule has 0 spiro atoms. The molecule has 0 bridgehead atoms. The first-order valence-electron chi connectivity index (χ1n) is 9.89. The average Bonchev–Trinajstić information content (AvgIpc) is 2.68. The van der Waals surface area contributed by atoms with E-state index >= 15 is 0 Å². The van der Waals surface area contributed by atoms with Crippen LogP contribution < -0.4 is 15.4 Å². The molecule has 0 unspecified atom stereocenters. The molecule has 2 N–H and O–H groups in total. The molecule has 1 aliphatic heterocycles.